The lowest BCUT2D eigenvalue weighted by Crippen LogP contribution is -2.45. The summed E-state index contributed by atoms with van der Waals surface area (Å²) in [4.78, 5) is 39.2. The molecule has 0 atom stereocenters. The molecule has 168 valence electrons. The largest absolute Gasteiger partial charge is 0.494 e. The predicted octanol–water partition coefficient (Wildman–Crippen LogP) is 1.28. The fourth-order valence-corrected chi connectivity index (χ4v) is 5.27. The van der Waals surface area contributed by atoms with Gasteiger partial charge in [-0.15, -0.1) is 0 Å². The second-order valence-corrected chi connectivity index (χ2v) is 8.87. The van der Waals surface area contributed by atoms with E-state index in [0.29, 0.717) is 16.9 Å². The van der Waals surface area contributed by atoms with Crippen molar-refractivity contribution >= 4 is 23.3 Å². The smallest absolute Gasteiger partial charge is 0.262 e. The van der Waals surface area contributed by atoms with Crippen LogP contribution in [-0.4, -0.2) is 49.7 Å². The summed E-state index contributed by atoms with van der Waals surface area (Å²) >= 11 is 0. The van der Waals surface area contributed by atoms with E-state index in [4.69, 9.17) is 10.5 Å². The summed E-state index contributed by atoms with van der Waals surface area (Å²) < 4.78 is 6.82. The van der Waals surface area contributed by atoms with Crippen LogP contribution in [0.1, 0.15) is 46.4 Å². The predicted molar refractivity (Wildman–Crippen MR) is 121 cm³/mol. The molecule has 2 fully saturated rings. The van der Waals surface area contributed by atoms with Crippen LogP contribution < -0.4 is 31.6 Å². The van der Waals surface area contributed by atoms with Crippen LogP contribution in [0.15, 0.2) is 29.1 Å². The first-order valence-electron chi connectivity index (χ1n) is 11.0. The molecule has 2 amide bonds. The van der Waals surface area contributed by atoms with Crippen LogP contribution in [0.5, 0.6) is 5.75 Å². The number of pyridine rings is 1. The van der Waals surface area contributed by atoms with Crippen molar-refractivity contribution in [3.8, 4) is 11.4 Å². The zero-order chi connectivity index (χ0) is 22.5. The topological polar surface area (TPSA) is 119 Å². The second kappa shape index (κ2) is 7.67. The van der Waals surface area contributed by atoms with Crippen molar-refractivity contribution in [1.29, 1.82) is 0 Å². The molecule has 2 aromatic rings. The number of anilines is 2. The van der Waals surface area contributed by atoms with E-state index in [1.54, 1.807) is 6.07 Å². The Bertz CT molecular complexity index is 1160. The Morgan fingerprint density at radius 2 is 1.72 bits per heavy atom. The molecule has 0 saturated carbocycles. The number of fused-ring (bicyclic) bond motifs is 1. The standard InChI is InChI=1S/C23H27N5O4/c1-32-17-12-14(27-10-6-23(7-11-27)4-8-25-9-5-23)2-3-16(17)28-18(29)13-15-19(20(28)24)22(31)26-21(15)30/h2-3,12-13,25H,4-11,24H2,1H3,(H,26,30,31). The number of nitrogen functional groups attached to an aromatic ring is 1. The number of methoxy groups -OCH3 is 1. The molecule has 0 radical (unpaired) electrons. The Morgan fingerprint density at radius 1 is 1.00 bits per heavy atom. The van der Waals surface area contributed by atoms with Crippen LogP contribution in [0, 0.1) is 5.41 Å². The highest BCUT2D eigenvalue weighted by atomic mass is 16.5. The molecule has 5 rings (SSSR count). The number of nitrogens with one attached hydrogen (secondary N) is 2. The average Bonchev–Trinajstić information content (AvgIpc) is 3.08. The number of carbonyl (C=O) groups excluding carboxylic acids is 2. The number of rotatable bonds is 3. The maximum Gasteiger partial charge on any atom is 0.262 e. The number of aromatic nitrogens is 1. The molecule has 9 heteroatoms. The minimum atomic E-state index is -0.611. The van der Waals surface area contributed by atoms with E-state index in [1.807, 2.05) is 12.1 Å². The highest BCUT2D eigenvalue weighted by molar-refractivity contribution is 6.23. The monoisotopic (exact) mass is 437 g/mol. The molecule has 0 unspecified atom stereocenters. The van der Waals surface area contributed by atoms with Gasteiger partial charge in [-0.3, -0.25) is 24.3 Å². The van der Waals surface area contributed by atoms with Crippen molar-refractivity contribution in [2.45, 2.75) is 25.7 Å². The van der Waals surface area contributed by atoms with E-state index in [2.05, 4.69) is 15.5 Å². The summed E-state index contributed by atoms with van der Waals surface area (Å²) in [5.41, 5.74) is 7.62. The summed E-state index contributed by atoms with van der Waals surface area (Å²) in [5.74, 6) is -0.817. The maximum absolute atomic E-state index is 12.8. The first-order valence-corrected chi connectivity index (χ1v) is 11.0. The molecule has 4 heterocycles. The van der Waals surface area contributed by atoms with Crippen LogP contribution >= 0.6 is 0 Å². The zero-order valence-corrected chi connectivity index (χ0v) is 18.1. The molecule has 3 aliphatic heterocycles. The van der Waals surface area contributed by atoms with Crippen molar-refractivity contribution in [1.82, 2.24) is 15.2 Å². The molecule has 0 bridgehead atoms. The molecular formula is C23H27N5O4. The fraction of sp³-hybridized carbons (Fsp3) is 0.435. The zero-order valence-electron chi connectivity index (χ0n) is 18.1. The van der Waals surface area contributed by atoms with Gasteiger partial charge in [-0.25, -0.2) is 0 Å². The van der Waals surface area contributed by atoms with Crippen molar-refractivity contribution in [3.63, 3.8) is 0 Å². The molecular weight excluding hydrogens is 410 g/mol. The summed E-state index contributed by atoms with van der Waals surface area (Å²) in [6.07, 6.45) is 4.80. The third kappa shape index (κ3) is 3.24. The van der Waals surface area contributed by atoms with E-state index < -0.39 is 17.4 Å². The minimum Gasteiger partial charge on any atom is -0.494 e. The first kappa shape index (κ1) is 20.6. The van der Waals surface area contributed by atoms with E-state index >= 15 is 0 Å². The van der Waals surface area contributed by atoms with E-state index in [9.17, 15) is 14.4 Å². The molecule has 9 nitrogen and oxygen atoms in total. The Morgan fingerprint density at radius 3 is 2.41 bits per heavy atom. The van der Waals surface area contributed by atoms with Gasteiger partial charge in [0.2, 0.25) is 0 Å². The third-order valence-corrected chi connectivity index (χ3v) is 7.21. The maximum atomic E-state index is 12.8. The van der Waals surface area contributed by atoms with Gasteiger partial charge in [-0.2, -0.15) is 0 Å². The van der Waals surface area contributed by atoms with Crippen LogP contribution in [0.4, 0.5) is 11.5 Å². The summed E-state index contributed by atoms with van der Waals surface area (Å²) in [5, 5.41) is 5.64. The van der Waals surface area contributed by atoms with Gasteiger partial charge in [0.15, 0.2) is 0 Å². The quantitative estimate of drug-likeness (QED) is 0.619. The van der Waals surface area contributed by atoms with Crippen molar-refractivity contribution < 1.29 is 14.3 Å². The number of amides is 2. The fourth-order valence-electron chi connectivity index (χ4n) is 5.27. The van der Waals surface area contributed by atoms with Crippen LogP contribution in [0.3, 0.4) is 0 Å². The Labute approximate surface area is 185 Å². The number of imide groups is 1. The second-order valence-electron chi connectivity index (χ2n) is 8.87. The van der Waals surface area contributed by atoms with E-state index in [-0.39, 0.29) is 16.9 Å². The number of ether oxygens (including phenoxy) is 1. The SMILES string of the molecule is COc1cc(N2CCC3(CCNCC3)CC2)ccc1-n1c(N)c2c(cc1=O)C(=O)NC2=O. The van der Waals surface area contributed by atoms with Crippen LogP contribution in [0.2, 0.25) is 0 Å². The van der Waals surface area contributed by atoms with Gasteiger partial charge in [-0.05, 0) is 56.3 Å². The van der Waals surface area contributed by atoms with Gasteiger partial charge in [-0.1, -0.05) is 0 Å². The lowest BCUT2D eigenvalue weighted by molar-refractivity contribution is 0.0880. The summed E-state index contributed by atoms with van der Waals surface area (Å²) in [6.45, 7) is 4.16. The molecule has 0 aliphatic carbocycles. The summed E-state index contributed by atoms with van der Waals surface area (Å²) in [6, 6.07) is 6.77. The molecule has 3 aliphatic rings. The number of hydrogen-bond acceptors (Lipinski definition) is 7. The third-order valence-electron chi connectivity index (χ3n) is 7.21. The minimum absolute atomic E-state index is 0.00416. The average molecular weight is 438 g/mol. The van der Waals surface area contributed by atoms with Crippen LogP contribution in [0.25, 0.3) is 5.69 Å². The molecule has 1 aromatic carbocycles. The highest BCUT2D eigenvalue weighted by Crippen LogP contribution is 2.41. The molecule has 32 heavy (non-hydrogen) atoms. The van der Waals surface area contributed by atoms with Crippen molar-refractivity contribution in [2.75, 3.05) is 43.9 Å². The van der Waals surface area contributed by atoms with Gasteiger partial charge in [0.1, 0.15) is 11.6 Å². The van der Waals surface area contributed by atoms with E-state index in [0.717, 1.165) is 37.9 Å². The Balaban J connectivity index is 1.47. The summed E-state index contributed by atoms with van der Waals surface area (Å²) in [7, 11) is 1.54. The number of nitrogens with zero attached hydrogens (tertiary/aromatic N) is 2. The van der Waals surface area contributed by atoms with E-state index in [1.165, 1.54) is 37.4 Å². The number of piperidine rings is 2. The number of hydrogen-bond donors (Lipinski definition) is 3. The van der Waals surface area contributed by atoms with Crippen LogP contribution in [-0.2, 0) is 0 Å². The molecule has 2 saturated heterocycles. The number of benzene rings is 1. The van der Waals surface area contributed by atoms with Gasteiger partial charge < -0.3 is 20.7 Å². The number of nitrogens with two attached hydrogens (primary N) is 1. The molecule has 1 aromatic heterocycles. The van der Waals surface area contributed by atoms with Gasteiger partial charge in [0.25, 0.3) is 17.4 Å². The van der Waals surface area contributed by atoms with Gasteiger partial charge in [0, 0.05) is 30.9 Å². The van der Waals surface area contributed by atoms with Crippen molar-refractivity contribution in [3.05, 3.63) is 45.7 Å². The van der Waals surface area contributed by atoms with Crippen molar-refractivity contribution in [2.24, 2.45) is 5.41 Å². The Hall–Kier alpha value is -3.33. The van der Waals surface area contributed by atoms with Gasteiger partial charge >= 0.3 is 0 Å². The number of carbonyl (C=O) groups is 2. The first-order chi connectivity index (χ1) is 15.4. The van der Waals surface area contributed by atoms with Gasteiger partial charge in [0.05, 0.1) is 23.9 Å². The lowest BCUT2D eigenvalue weighted by Gasteiger charge is -2.45. The normalized spacial score (nSPS) is 19.7. The molecule has 4 N–H and O–H groups in total. The molecule has 1 spiro atoms. The lowest BCUT2D eigenvalue weighted by atomic mass is 9.71. The highest BCUT2D eigenvalue weighted by Gasteiger charge is 2.36. The Kier molecular flexibility index (Phi) is 4.93.